The van der Waals surface area contributed by atoms with Crippen LogP contribution >= 0.6 is 24.0 Å². The number of nitrogens with two attached hydrogens (primary N) is 1. The number of hydrogen-bond donors (Lipinski definition) is 1. The Bertz CT molecular complexity index is 1230. The molecule has 0 aliphatic carbocycles. The van der Waals surface area contributed by atoms with Crippen LogP contribution in [0.3, 0.4) is 0 Å². The summed E-state index contributed by atoms with van der Waals surface area (Å²) in [6, 6.07) is 43.3. The standard InChI is InChI=1S/C20H26N2.C12H11N.C8H16ClN.ClH.H2N.Na/c1-21-16-9-8-10-18(21)15-17-22(19-11-4-2-5-12-19)20-13-6-3-7-14-20;1-3-7-11(8-4-1)13-12-9-5-2-6-10-12;1-10-7-3-2-4-8(10)5-6-9;;;/h2-7,11-14,18H,8-10,15-17H2,1H3;1-10,13H;8H,2-7H2,1H3;1H;1H2;/q;;;;-1;+1. The normalized spacial score (nSPS) is 17.3. The van der Waals surface area contributed by atoms with Crippen molar-refractivity contribution >= 4 is 46.8 Å². The molecule has 0 bridgehead atoms. The number of anilines is 4. The second-order valence-electron chi connectivity index (χ2n) is 12.2. The number of nitrogens with one attached hydrogen (secondary N) is 1. The molecule has 48 heavy (non-hydrogen) atoms. The average Bonchev–Trinajstić information content (AvgIpc) is 3.09. The van der Waals surface area contributed by atoms with Gasteiger partial charge in [0.25, 0.3) is 0 Å². The largest absolute Gasteiger partial charge is 1.00 e. The summed E-state index contributed by atoms with van der Waals surface area (Å²) in [6.07, 6.45) is 10.6. The van der Waals surface area contributed by atoms with Gasteiger partial charge in [0.1, 0.15) is 0 Å². The second-order valence-corrected chi connectivity index (χ2v) is 12.6. The number of piperidine rings is 2. The molecule has 3 N–H and O–H groups in total. The van der Waals surface area contributed by atoms with Crippen molar-refractivity contribution in [3.05, 3.63) is 127 Å². The molecular weight excluding hydrogens is 644 g/mol. The molecule has 5 nitrogen and oxygen atoms in total. The van der Waals surface area contributed by atoms with E-state index in [-0.39, 0.29) is 48.1 Å². The number of likely N-dealkylation sites (tertiary alicyclic amines) is 2. The van der Waals surface area contributed by atoms with Crippen molar-refractivity contribution in [1.82, 2.24) is 9.80 Å². The molecule has 2 aliphatic rings. The van der Waals surface area contributed by atoms with Crippen LogP contribution in [0.4, 0.5) is 22.7 Å². The van der Waals surface area contributed by atoms with Crippen LogP contribution in [-0.4, -0.2) is 61.5 Å². The van der Waals surface area contributed by atoms with Crippen molar-refractivity contribution in [2.75, 3.05) is 49.8 Å². The van der Waals surface area contributed by atoms with Gasteiger partial charge in [-0.25, -0.2) is 0 Å². The van der Waals surface area contributed by atoms with E-state index in [4.69, 9.17) is 11.6 Å². The van der Waals surface area contributed by atoms with Crippen molar-refractivity contribution in [2.24, 2.45) is 0 Å². The van der Waals surface area contributed by atoms with Crippen molar-refractivity contribution in [3.8, 4) is 0 Å². The van der Waals surface area contributed by atoms with Crippen LogP contribution in [0.1, 0.15) is 51.4 Å². The fourth-order valence-corrected chi connectivity index (χ4v) is 6.51. The summed E-state index contributed by atoms with van der Waals surface area (Å²) >= 11 is 5.67. The van der Waals surface area contributed by atoms with E-state index >= 15 is 0 Å². The molecule has 8 heteroatoms. The van der Waals surface area contributed by atoms with Gasteiger partial charge in [0.2, 0.25) is 0 Å². The van der Waals surface area contributed by atoms with Crippen LogP contribution in [0, 0.1) is 0 Å². The molecule has 6 rings (SSSR count). The molecule has 2 heterocycles. The Balaban J connectivity index is 0.000000381. The van der Waals surface area contributed by atoms with Gasteiger partial charge in [-0.2, -0.15) is 0 Å². The monoisotopic (exact) mass is 699 g/mol. The Morgan fingerprint density at radius 3 is 1.35 bits per heavy atom. The maximum absolute atomic E-state index is 5.67. The number of rotatable bonds is 9. The minimum Gasteiger partial charge on any atom is -0.693 e. The first-order valence-electron chi connectivity index (χ1n) is 16.8. The summed E-state index contributed by atoms with van der Waals surface area (Å²) in [7, 11) is 4.48. The SMILES string of the molecule is CN1CCCCC1CCCl.CN1CCCCC1CCN(c1ccccc1)c1ccccc1.Cl.[NH2-].[Na+].c1ccc(Nc2ccccc2)cc1. The predicted octanol–water partition coefficient (Wildman–Crippen LogP) is 8.37. The molecule has 2 saturated heterocycles. The van der Waals surface area contributed by atoms with Crippen molar-refractivity contribution in [3.63, 3.8) is 0 Å². The minimum absolute atomic E-state index is 0. The van der Waals surface area contributed by atoms with Crippen LogP contribution in [0.15, 0.2) is 121 Å². The molecule has 2 fully saturated rings. The fraction of sp³-hybridized carbons (Fsp3) is 0.400. The third-order valence-corrected chi connectivity index (χ3v) is 9.16. The van der Waals surface area contributed by atoms with Gasteiger partial charge in [-0.1, -0.05) is 85.6 Å². The Labute approximate surface area is 324 Å². The van der Waals surface area contributed by atoms with Gasteiger partial charge in [0, 0.05) is 47.3 Å². The summed E-state index contributed by atoms with van der Waals surface area (Å²) in [6.45, 7) is 3.59. The zero-order valence-electron chi connectivity index (χ0n) is 29.4. The number of nitrogens with zero attached hydrogens (tertiary/aromatic N) is 3. The molecule has 256 valence electrons. The van der Waals surface area contributed by atoms with E-state index in [1.54, 1.807) is 0 Å². The van der Waals surface area contributed by atoms with E-state index < -0.39 is 0 Å². The fourth-order valence-electron chi connectivity index (χ4n) is 6.25. The van der Waals surface area contributed by atoms with Gasteiger partial charge >= 0.3 is 29.6 Å². The summed E-state index contributed by atoms with van der Waals surface area (Å²) in [5.74, 6) is 0.814. The van der Waals surface area contributed by atoms with E-state index in [9.17, 15) is 0 Å². The van der Waals surface area contributed by atoms with E-state index in [1.807, 2.05) is 60.7 Å². The Morgan fingerprint density at radius 1 is 0.604 bits per heavy atom. The maximum atomic E-state index is 5.67. The first-order valence-corrected chi connectivity index (χ1v) is 17.4. The molecule has 0 aromatic heterocycles. The quantitative estimate of drug-likeness (QED) is 0.141. The third-order valence-electron chi connectivity index (χ3n) is 8.94. The predicted molar refractivity (Wildman–Crippen MR) is 209 cm³/mol. The van der Waals surface area contributed by atoms with Crippen molar-refractivity contribution in [2.45, 2.75) is 63.5 Å². The minimum atomic E-state index is 0. The molecule has 4 aromatic rings. The van der Waals surface area contributed by atoms with E-state index in [0.29, 0.717) is 0 Å². The second kappa shape index (κ2) is 25.8. The van der Waals surface area contributed by atoms with Gasteiger partial charge in [-0.3, -0.25) is 0 Å². The number of halogens is 2. The zero-order chi connectivity index (χ0) is 31.5. The Kier molecular flexibility index (Phi) is 23.7. The number of alkyl halides is 1. The third kappa shape index (κ3) is 15.7. The smallest absolute Gasteiger partial charge is 0.693 e. The molecule has 2 aliphatic heterocycles. The summed E-state index contributed by atoms with van der Waals surface area (Å²) in [5, 5.41) is 3.30. The van der Waals surface area contributed by atoms with E-state index in [0.717, 1.165) is 42.3 Å². The number of hydrogen-bond acceptors (Lipinski definition) is 4. The number of benzene rings is 4. The molecule has 0 spiro atoms. The Morgan fingerprint density at radius 2 is 0.979 bits per heavy atom. The van der Waals surface area contributed by atoms with Gasteiger partial charge in [-0.15, -0.1) is 24.0 Å². The zero-order valence-corrected chi connectivity index (χ0v) is 33.0. The van der Waals surface area contributed by atoms with Crippen LogP contribution in [0.25, 0.3) is 6.15 Å². The first-order chi connectivity index (χ1) is 22.1. The average molecular weight is 701 g/mol. The molecular formula is C40H56Cl2N5Na. The van der Waals surface area contributed by atoms with Crippen molar-refractivity contribution in [1.29, 1.82) is 0 Å². The van der Waals surface area contributed by atoms with Gasteiger partial charge in [-0.05, 0) is 114 Å². The molecule has 2 unspecified atom stereocenters. The summed E-state index contributed by atoms with van der Waals surface area (Å²) < 4.78 is 0. The van der Waals surface area contributed by atoms with Gasteiger partial charge in [0.05, 0.1) is 0 Å². The van der Waals surface area contributed by atoms with E-state index in [1.165, 1.54) is 69.4 Å². The van der Waals surface area contributed by atoms with Crippen LogP contribution in [0.2, 0.25) is 0 Å². The molecule has 4 aromatic carbocycles. The molecule has 0 amide bonds. The van der Waals surface area contributed by atoms with Crippen LogP contribution in [0.5, 0.6) is 0 Å². The van der Waals surface area contributed by atoms with Crippen LogP contribution in [-0.2, 0) is 0 Å². The van der Waals surface area contributed by atoms with Gasteiger partial charge < -0.3 is 26.2 Å². The summed E-state index contributed by atoms with van der Waals surface area (Å²) in [5.41, 5.74) is 4.81. The van der Waals surface area contributed by atoms with E-state index in [2.05, 4.69) is 94.8 Å². The molecule has 0 saturated carbocycles. The summed E-state index contributed by atoms with van der Waals surface area (Å²) in [4.78, 5) is 7.42. The first kappa shape index (κ1) is 44.0. The van der Waals surface area contributed by atoms with Crippen molar-refractivity contribution < 1.29 is 29.6 Å². The maximum Gasteiger partial charge on any atom is 1.00 e. The van der Waals surface area contributed by atoms with Gasteiger partial charge in [0.15, 0.2) is 0 Å². The topological polar surface area (TPSA) is 55.2 Å². The molecule has 2 atom stereocenters. The van der Waals surface area contributed by atoms with Crippen LogP contribution < -0.4 is 39.8 Å². The molecule has 0 radical (unpaired) electrons. The Hall–Kier alpha value is -2.06. The number of para-hydroxylation sites is 4.